The van der Waals surface area contributed by atoms with E-state index in [1.54, 1.807) is 7.11 Å². The molecule has 162 valence electrons. The zero-order chi connectivity index (χ0) is 21.6. The third-order valence-electron chi connectivity index (χ3n) is 5.62. The van der Waals surface area contributed by atoms with Crippen LogP contribution in [0.5, 0.6) is 5.75 Å². The standard InChI is InChI=1S/C24H28N4O3/c1-31-21-9-7-20(8-10-21)23-22(18-28(25-23)17-19-5-3-2-4-6-19)24(30)27-13-11-26(12-14-27)15-16-29/h2-10,18,29H,11-17H2,1H3. The van der Waals surface area contributed by atoms with Crippen LogP contribution in [0.25, 0.3) is 11.3 Å². The number of hydrogen-bond donors (Lipinski definition) is 1. The van der Waals surface area contributed by atoms with Gasteiger partial charge in [0, 0.05) is 44.5 Å². The minimum Gasteiger partial charge on any atom is -0.497 e. The molecule has 2 aromatic carbocycles. The van der Waals surface area contributed by atoms with Crippen molar-refractivity contribution in [3.63, 3.8) is 0 Å². The number of carbonyl (C=O) groups excluding carboxylic acids is 1. The van der Waals surface area contributed by atoms with Crippen LogP contribution < -0.4 is 4.74 Å². The molecule has 0 aliphatic carbocycles. The summed E-state index contributed by atoms with van der Waals surface area (Å²) in [7, 11) is 1.63. The molecule has 1 fully saturated rings. The van der Waals surface area contributed by atoms with E-state index in [2.05, 4.69) is 17.0 Å². The van der Waals surface area contributed by atoms with Crippen LogP contribution in [0.2, 0.25) is 0 Å². The lowest BCUT2D eigenvalue weighted by Gasteiger charge is -2.34. The van der Waals surface area contributed by atoms with Gasteiger partial charge in [-0.2, -0.15) is 5.10 Å². The fraction of sp³-hybridized carbons (Fsp3) is 0.333. The molecule has 1 aromatic heterocycles. The number of piperazine rings is 1. The van der Waals surface area contributed by atoms with Gasteiger partial charge >= 0.3 is 0 Å². The summed E-state index contributed by atoms with van der Waals surface area (Å²) < 4.78 is 7.11. The van der Waals surface area contributed by atoms with Gasteiger partial charge in [0.2, 0.25) is 0 Å². The number of aliphatic hydroxyl groups is 1. The fourth-order valence-electron chi connectivity index (χ4n) is 3.88. The maximum absolute atomic E-state index is 13.4. The second kappa shape index (κ2) is 9.76. The van der Waals surface area contributed by atoms with Crippen molar-refractivity contribution in [3.05, 3.63) is 71.9 Å². The molecule has 1 N–H and O–H groups in total. The first-order valence-corrected chi connectivity index (χ1v) is 10.6. The van der Waals surface area contributed by atoms with Crippen molar-refractivity contribution in [2.45, 2.75) is 6.54 Å². The zero-order valence-corrected chi connectivity index (χ0v) is 17.8. The molecule has 0 bridgehead atoms. The van der Waals surface area contributed by atoms with Gasteiger partial charge in [-0.25, -0.2) is 0 Å². The summed E-state index contributed by atoms with van der Waals surface area (Å²) in [6.45, 7) is 4.21. The summed E-state index contributed by atoms with van der Waals surface area (Å²) in [5, 5.41) is 13.9. The van der Waals surface area contributed by atoms with Crippen LogP contribution in [-0.2, 0) is 6.54 Å². The van der Waals surface area contributed by atoms with Gasteiger partial charge in [0.05, 0.1) is 25.8 Å². The van der Waals surface area contributed by atoms with Gasteiger partial charge in [0.1, 0.15) is 11.4 Å². The van der Waals surface area contributed by atoms with Crippen LogP contribution >= 0.6 is 0 Å². The van der Waals surface area contributed by atoms with E-state index in [-0.39, 0.29) is 12.5 Å². The monoisotopic (exact) mass is 420 g/mol. The van der Waals surface area contributed by atoms with Crippen molar-refractivity contribution in [1.82, 2.24) is 19.6 Å². The Hall–Kier alpha value is -3.16. The van der Waals surface area contributed by atoms with Crippen LogP contribution in [-0.4, -0.2) is 77.0 Å². The number of aliphatic hydroxyl groups excluding tert-OH is 1. The summed E-state index contributed by atoms with van der Waals surface area (Å²) in [5.74, 6) is 0.758. The van der Waals surface area contributed by atoms with Crippen LogP contribution in [0.3, 0.4) is 0 Å². The Bertz CT molecular complexity index is 993. The average molecular weight is 421 g/mol. The number of aromatic nitrogens is 2. The Morgan fingerprint density at radius 3 is 2.39 bits per heavy atom. The average Bonchev–Trinajstić information content (AvgIpc) is 3.24. The minimum absolute atomic E-state index is 0.00576. The molecular weight excluding hydrogens is 392 g/mol. The fourth-order valence-corrected chi connectivity index (χ4v) is 3.88. The molecule has 2 heterocycles. The number of methoxy groups -OCH3 is 1. The number of ether oxygens (including phenoxy) is 1. The minimum atomic E-state index is -0.00576. The molecule has 1 aliphatic heterocycles. The van der Waals surface area contributed by atoms with E-state index in [1.165, 1.54) is 0 Å². The van der Waals surface area contributed by atoms with E-state index < -0.39 is 0 Å². The van der Waals surface area contributed by atoms with Gasteiger partial charge in [0.25, 0.3) is 5.91 Å². The molecule has 7 heteroatoms. The van der Waals surface area contributed by atoms with Crippen molar-refractivity contribution >= 4 is 5.91 Å². The molecule has 0 radical (unpaired) electrons. The number of benzene rings is 2. The summed E-state index contributed by atoms with van der Waals surface area (Å²) in [6, 6.07) is 17.7. The summed E-state index contributed by atoms with van der Waals surface area (Å²) in [6.07, 6.45) is 1.86. The first-order valence-electron chi connectivity index (χ1n) is 10.6. The van der Waals surface area contributed by atoms with Gasteiger partial charge < -0.3 is 14.7 Å². The molecule has 0 atom stereocenters. The lowest BCUT2D eigenvalue weighted by atomic mass is 10.1. The second-order valence-electron chi connectivity index (χ2n) is 7.66. The van der Waals surface area contributed by atoms with Crippen molar-refractivity contribution in [2.24, 2.45) is 0 Å². The maximum atomic E-state index is 13.4. The molecule has 4 rings (SSSR count). The predicted octanol–water partition coefficient (Wildman–Crippen LogP) is 2.36. The highest BCUT2D eigenvalue weighted by molar-refractivity contribution is 6.00. The summed E-state index contributed by atoms with van der Waals surface area (Å²) in [5.41, 5.74) is 3.30. The topological polar surface area (TPSA) is 70.8 Å². The van der Waals surface area contributed by atoms with E-state index in [9.17, 15) is 4.79 Å². The quantitative estimate of drug-likeness (QED) is 0.635. The molecule has 3 aromatic rings. The predicted molar refractivity (Wildman–Crippen MR) is 119 cm³/mol. The third kappa shape index (κ3) is 4.95. The van der Waals surface area contributed by atoms with E-state index >= 15 is 0 Å². The highest BCUT2D eigenvalue weighted by Crippen LogP contribution is 2.26. The van der Waals surface area contributed by atoms with Crippen LogP contribution in [0, 0.1) is 0 Å². The van der Waals surface area contributed by atoms with Gasteiger partial charge in [-0.15, -0.1) is 0 Å². The van der Waals surface area contributed by atoms with Crippen molar-refractivity contribution < 1.29 is 14.6 Å². The Morgan fingerprint density at radius 1 is 1.03 bits per heavy atom. The molecule has 1 amide bonds. The lowest BCUT2D eigenvalue weighted by molar-refractivity contribution is 0.0615. The van der Waals surface area contributed by atoms with E-state index in [0.717, 1.165) is 30.0 Å². The maximum Gasteiger partial charge on any atom is 0.257 e. The molecule has 0 spiro atoms. The Morgan fingerprint density at radius 2 is 1.74 bits per heavy atom. The number of nitrogens with zero attached hydrogens (tertiary/aromatic N) is 4. The van der Waals surface area contributed by atoms with Gasteiger partial charge in [0.15, 0.2) is 0 Å². The van der Waals surface area contributed by atoms with Crippen molar-refractivity contribution in [1.29, 1.82) is 0 Å². The van der Waals surface area contributed by atoms with E-state index in [1.807, 2.05) is 58.2 Å². The molecule has 7 nitrogen and oxygen atoms in total. The van der Waals surface area contributed by atoms with Crippen molar-refractivity contribution in [2.75, 3.05) is 46.4 Å². The molecule has 31 heavy (non-hydrogen) atoms. The number of rotatable bonds is 7. The second-order valence-corrected chi connectivity index (χ2v) is 7.66. The smallest absolute Gasteiger partial charge is 0.257 e. The zero-order valence-electron chi connectivity index (χ0n) is 17.8. The molecule has 0 unspecified atom stereocenters. The van der Waals surface area contributed by atoms with Gasteiger partial charge in [-0.3, -0.25) is 14.4 Å². The molecular formula is C24H28N4O3. The third-order valence-corrected chi connectivity index (χ3v) is 5.62. The van der Waals surface area contributed by atoms with Crippen LogP contribution in [0.1, 0.15) is 15.9 Å². The largest absolute Gasteiger partial charge is 0.497 e. The van der Waals surface area contributed by atoms with Crippen LogP contribution in [0.15, 0.2) is 60.8 Å². The molecule has 0 saturated carbocycles. The highest BCUT2D eigenvalue weighted by Gasteiger charge is 2.26. The molecule has 1 aliphatic rings. The van der Waals surface area contributed by atoms with E-state index in [4.69, 9.17) is 14.9 Å². The van der Waals surface area contributed by atoms with Crippen LogP contribution in [0.4, 0.5) is 0 Å². The summed E-state index contributed by atoms with van der Waals surface area (Å²) in [4.78, 5) is 17.5. The number of β-amino-alcohol motifs (C(OH)–C–C–N with tert-alkyl or cyclic N) is 1. The Kier molecular flexibility index (Phi) is 6.64. The van der Waals surface area contributed by atoms with Gasteiger partial charge in [-0.1, -0.05) is 30.3 Å². The molecule has 1 saturated heterocycles. The lowest BCUT2D eigenvalue weighted by Crippen LogP contribution is -2.49. The Balaban J connectivity index is 1.61. The SMILES string of the molecule is COc1ccc(-c2nn(Cc3ccccc3)cc2C(=O)N2CCN(CCO)CC2)cc1. The van der Waals surface area contributed by atoms with E-state index in [0.29, 0.717) is 37.4 Å². The normalized spacial score (nSPS) is 14.6. The van der Waals surface area contributed by atoms with Gasteiger partial charge in [-0.05, 0) is 29.8 Å². The Labute approximate surface area is 182 Å². The first kappa shape index (κ1) is 21.1. The summed E-state index contributed by atoms with van der Waals surface area (Å²) >= 11 is 0. The first-order chi connectivity index (χ1) is 15.2. The number of amides is 1. The van der Waals surface area contributed by atoms with Crippen molar-refractivity contribution in [3.8, 4) is 17.0 Å². The number of hydrogen-bond acceptors (Lipinski definition) is 5. The highest BCUT2D eigenvalue weighted by atomic mass is 16.5. The number of carbonyl (C=O) groups is 1.